The fourth-order valence-corrected chi connectivity index (χ4v) is 3.98. The highest BCUT2D eigenvalue weighted by Crippen LogP contribution is 2.29. The SMILES string of the molecule is C=CCCc1ccc(-c2ccc3c(F)c(CCc4cc(F)c(Cl)c(F)c4)ccc3c2)cc1. The maximum Gasteiger partial charge on any atom is 0.145 e. The van der Waals surface area contributed by atoms with Gasteiger partial charge < -0.3 is 0 Å². The summed E-state index contributed by atoms with van der Waals surface area (Å²) in [6, 6.07) is 20.1. The number of halogens is 4. The molecule has 0 amide bonds. The molecule has 0 saturated heterocycles. The highest BCUT2D eigenvalue weighted by Gasteiger charge is 2.12. The molecule has 0 heterocycles. The molecular formula is C28H22ClF3. The Morgan fingerprint density at radius 2 is 1.41 bits per heavy atom. The number of allylic oxidation sites excluding steroid dienone is 1. The Kier molecular flexibility index (Phi) is 6.66. The molecule has 4 heteroatoms. The van der Waals surface area contributed by atoms with Crippen LogP contribution in [0.4, 0.5) is 13.2 Å². The van der Waals surface area contributed by atoms with Gasteiger partial charge >= 0.3 is 0 Å². The molecule has 0 aliphatic rings. The first kappa shape index (κ1) is 22.2. The zero-order chi connectivity index (χ0) is 22.7. The number of hydrogen-bond acceptors (Lipinski definition) is 0. The summed E-state index contributed by atoms with van der Waals surface area (Å²) >= 11 is 5.53. The Bertz CT molecular complexity index is 1250. The van der Waals surface area contributed by atoms with Crippen molar-refractivity contribution in [1.82, 2.24) is 0 Å². The first-order valence-electron chi connectivity index (χ1n) is 10.5. The van der Waals surface area contributed by atoms with Gasteiger partial charge in [-0.1, -0.05) is 66.2 Å². The van der Waals surface area contributed by atoms with Crippen LogP contribution in [0.25, 0.3) is 21.9 Å². The summed E-state index contributed by atoms with van der Waals surface area (Å²) in [7, 11) is 0. The van der Waals surface area contributed by atoms with Crippen LogP contribution < -0.4 is 0 Å². The Hall–Kier alpha value is -3.04. The molecule has 0 spiro atoms. The minimum absolute atomic E-state index is 0.302. The standard InChI is InChI=1S/C28H22ClF3/c1-2-3-4-18-5-8-20(9-6-18)22-13-14-24-23(17-22)12-11-21(28(24)32)10-7-19-15-25(30)27(29)26(31)16-19/h2,5-6,8-9,11-17H,1,3-4,7,10H2. The zero-order valence-corrected chi connectivity index (χ0v) is 18.2. The van der Waals surface area contributed by atoms with Gasteiger partial charge in [-0.05, 0) is 77.1 Å². The van der Waals surface area contributed by atoms with Gasteiger partial charge in [0, 0.05) is 5.39 Å². The molecule has 0 atom stereocenters. The van der Waals surface area contributed by atoms with Crippen LogP contribution in [0.3, 0.4) is 0 Å². The van der Waals surface area contributed by atoms with Crippen LogP contribution in [0.1, 0.15) is 23.1 Å². The molecule has 0 saturated carbocycles. The number of fused-ring (bicyclic) bond motifs is 1. The van der Waals surface area contributed by atoms with Crippen LogP contribution in [0.5, 0.6) is 0 Å². The summed E-state index contributed by atoms with van der Waals surface area (Å²) in [6.07, 6.45) is 4.45. The summed E-state index contributed by atoms with van der Waals surface area (Å²) in [4.78, 5) is 0. The van der Waals surface area contributed by atoms with Gasteiger partial charge in [-0.15, -0.1) is 6.58 Å². The normalized spacial score (nSPS) is 11.1. The van der Waals surface area contributed by atoms with Gasteiger partial charge in [0.05, 0.1) is 0 Å². The third-order valence-corrected chi connectivity index (χ3v) is 6.05. The fraction of sp³-hybridized carbons (Fsp3) is 0.143. The van der Waals surface area contributed by atoms with E-state index in [0.717, 1.165) is 29.4 Å². The molecule has 0 aliphatic heterocycles. The second-order valence-electron chi connectivity index (χ2n) is 7.87. The maximum absolute atomic E-state index is 15.1. The lowest BCUT2D eigenvalue weighted by Gasteiger charge is -2.10. The summed E-state index contributed by atoms with van der Waals surface area (Å²) in [5.41, 5.74) is 4.30. The number of benzene rings is 4. The van der Waals surface area contributed by atoms with Crippen molar-refractivity contribution in [2.24, 2.45) is 0 Å². The van der Waals surface area contributed by atoms with E-state index in [2.05, 4.69) is 30.8 Å². The molecule has 0 radical (unpaired) electrons. The molecule has 0 fully saturated rings. The average Bonchev–Trinajstić information content (AvgIpc) is 2.81. The third kappa shape index (κ3) is 4.73. The van der Waals surface area contributed by atoms with Crippen molar-refractivity contribution in [3.05, 3.63) is 119 Å². The van der Waals surface area contributed by atoms with Crippen LogP contribution >= 0.6 is 11.6 Å². The van der Waals surface area contributed by atoms with Crippen LogP contribution in [-0.4, -0.2) is 0 Å². The van der Waals surface area contributed by atoms with Gasteiger partial charge in [0.2, 0.25) is 0 Å². The lowest BCUT2D eigenvalue weighted by Crippen LogP contribution is -1.98. The maximum atomic E-state index is 15.1. The quantitative estimate of drug-likeness (QED) is 0.195. The monoisotopic (exact) mass is 450 g/mol. The van der Waals surface area contributed by atoms with Crippen LogP contribution in [0.15, 0.2) is 79.4 Å². The molecule has 162 valence electrons. The predicted molar refractivity (Wildman–Crippen MR) is 127 cm³/mol. The average molecular weight is 451 g/mol. The summed E-state index contributed by atoms with van der Waals surface area (Å²) in [5, 5.41) is 0.818. The minimum atomic E-state index is -0.804. The molecule has 0 N–H and O–H groups in total. The van der Waals surface area contributed by atoms with Crippen molar-refractivity contribution >= 4 is 22.4 Å². The second kappa shape index (κ2) is 9.62. The van der Waals surface area contributed by atoms with Gasteiger partial charge in [-0.2, -0.15) is 0 Å². The Balaban J connectivity index is 1.55. The molecule has 4 rings (SSSR count). The van der Waals surface area contributed by atoms with Crippen molar-refractivity contribution in [2.75, 3.05) is 0 Å². The largest absolute Gasteiger partial charge is 0.206 e. The molecule has 0 aliphatic carbocycles. The first-order valence-corrected chi connectivity index (χ1v) is 10.9. The number of hydrogen-bond donors (Lipinski definition) is 0. The smallest absolute Gasteiger partial charge is 0.145 e. The van der Waals surface area contributed by atoms with Crippen molar-refractivity contribution in [3.8, 4) is 11.1 Å². The number of rotatable bonds is 7. The van der Waals surface area contributed by atoms with Crippen molar-refractivity contribution in [2.45, 2.75) is 25.7 Å². The first-order chi connectivity index (χ1) is 15.5. The molecule has 0 aromatic heterocycles. The van der Waals surface area contributed by atoms with Gasteiger partial charge in [0.1, 0.15) is 22.5 Å². The Labute approximate surface area is 191 Å². The van der Waals surface area contributed by atoms with Gasteiger partial charge in [-0.25, -0.2) is 13.2 Å². The molecular weight excluding hydrogens is 429 g/mol. The zero-order valence-electron chi connectivity index (χ0n) is 17.5. The van der Waals surface area contributed by atoms with E-state index in [-0.39, 0.29) is 5.82 Å². The molecule has 0 nitrogen and oxygen atoms in total. The van der Waals surface area contributed by atoms with Gasteiger partial charge in [0.25, 0.3) is 0 Å². The number of aryl methyl sites for hydroxylation is 3. The van der Waals surface area contributed by atoms with Crippen molar-refractivity contribution in [3.63, 3.8) is 0 Å². The highest BCUT2D eigenvalue weighted by atomic mass is 35.5. The van der Waals surface area contributed by atoms with Gasteiger partial charge in [-0.3, -0.25) is 0 Å². The van der Waals surface area contributed by atoms with E-state index in [9.17, 15) is 8.78 Å². The predicted octanol–water partition coefficient (Wildman–Crippen LogP) is 8.48. The van der Waals surface area contributed by atoms with Crippen molar-refractivity contribution < 1.29 is 13.2 Å². The summed E-state index contributed by atoms with van der Waals surface area (Å²) in [5.74, 6) is -1.91. The summed E-state index contributed by atoms with van der Waals surface area (Å²) in [6.45, 7) is 3.75. The van der Waals surface area contributed by atoms with E-state index < -0.39 is 16.7 Å². The van der Waals surface area contributed by atoms with Crippen LogP contribution in [0, 0.1) is 17.5 Å². The van der Waals surface area contributed by atoms with Gasteiger partial charge in [0.15, 0.2) is 0 Å². The van der Waals surface area contributed by atoms with E-state index >= 15 is 4.39 Å². The molecule has 4 aromatic carbocycles. The molecule has 0 bridgehead atoms. The summed E-state index contributed by atoms with van der Waals surface area (Å²) < 4.78 is 42.4. The van der Waals surface area contributed by atoms with Crippen LogP contribution in [0.2, 0.25) is 5.02 Å². The highest BCUT2D eigenvalue weighted by molar-refractivity contribution is 6.30. The van der Waals surface area contributed by atoms with Crippen molar-refractivity contribution in [1.29, 1.82) is 0 Å². The second-order valence-corrected chi connectivity index (χ2v) is 8.25. The third-order valence-electron chi connectivity index (χ3n) is 5.69. The van der Waals surface area contributed by atoms with Crippen LogP contribution in [-0.2, 0) is 19.3 Å². The Morgan fingerprint density at radius 1 is 0.719 bits per heavy atom. The van der Waals surface area contributed by atoms with E-state index in [0.29, 0.717) is 29.4 Å². The minimum Gasteiger partial charge on any atom is -0.206 e. The van der Waals surface area contributed by atoms with E-state index in [1.807, 2.05) is 24.3 Å². The topological polar surface area (TPSA) is 0 Å². The Morgan fingerprint density at radius 3 is 2.09 bits per heavy atom. The van der Waals surface area contributed by atoms with E-state index in [1.54, 1.807) is 12.1 Å². The lowest BCUT2D eigenvalue weighted by molar-refractivity contribution is 0.579. The molecule has 0 unspecified atom stereocenters. The molecule has 4 aromatic rings. The molecule has 32 heavy (non-hydrogen) atoms. The fourth-order valence-electron chi connectivity index (χ4n) is 3.87. The van der Waals surface area contributed by atoms with E-state index in [1.165, 1.54) is 17.7 Å². The van der Waals surface area contributed by atoms with E-state index in [4.69, 9.17) is 11.6 Å². The lowest BCUT2D eigenvalue weighted by atomic mass is 9.96.